The first-order chi connectivity index (χ1) is 16.7. The number of rotatable bonds is 8. The van der Waals surface area contributed by atoms with Crippen molar-refractivity contribution in [3.05, 3.63) is 127 Å². The van der Waals surface area contributed by atoms with Gasteiger partial charge < -0.3 is 0 Å². The van der Waals surface area contributed by atoms with Crippen molar-refractivity contribution < 1.29 is 15.7 Å². The molecule has 0 aliphatic carbocycles. The molecule has 0 bridgehead atoms. The molecule has 0 unspecified atom stereocenters. The summed E-state index contributed by atoms with van der Waals surface area (Å²) in [7, 11) is -3.95. The molecule has 4 aromatic rings. The Bertz CT molecular complexity index is 1330. The Hall–Kier alpha value is -2.68. The predicted octanol–water partition coefficient (Wildman–Crippen LogP) is 7.32. The van der Waals surface area contributed by atoms with Crippen LogP contribution in [0.15, 0.2) is 114 Å². The van der Waals surface area contributed by atoms with Gasteiger partial charge in [0.05, 0.1) is 0 Å². The molecule has 0 spiro atoms. The summed E-state index contributed by atoms with van der Waals surface area (Å²) in [5, 5.41) is 0. The summed E-state index contributed by atoms with van der Waals surface area (Å²) >= 11 is -2.75. The molecule has 0 N–H and O–H groups in total. The molecule has 0 fully saturated rings. The number of hydrogen-bond donors (Lipinski definition) is 0. The fraction of sp³-hybridized carbons (Fsp3) is 0.172. The zero-order valence-electron chi connectivity index (χ0n) is 20.0. The van der Waals surface area contributed by atoms with Gasteiger partial charge in [0, 0.05) is 0 Å². The van der Waals surface area contributed by atoms with Crippen LogP contribution in [0.2, 0.25) is 0 Å². The van der Waals surface area contributed by atoms with Crippen LogP contribution in [-0.2, 0) is 19.1 Å². The van der Waals surface area contributed by atoms with E-state index in [1.807, 2.05) is 106 Å². The third-order valence-corrected chi connectivity index (χ3v) is 12.3. The summed E-state index contributed by atoms with van der Waals surface area (Å²) in [6.45, 7) is 5.97. The van der Waals surface area contributed by atoms with Crippen molar-refractivity contribution in [1.82, 2.24) is 0 Å². The van der Waals surface area contributed by atoms with Gasteiger partial charge in [-0.1, -0.05) is 0 Å². The fourth-order valence-corrected chi connectivity index (χ4v) is 10.4. The Morgan fingerprint density at radius 2 is 1.17 bits per heavy atom. The molecule has 35 heavy (non-hydrogen) atoms. The van der Waals surface area contributed by atoms with Crippen LogP contribution in [0.3, 0.4) is 0 Å². The van der Waals surface area contributed by atoms with Crippen molar-refractivity contribution in [3.63, 3.8) is 0 Å². The van der Waals surface area contributed by atoms with Crippen molar-refractivity contribution in [3.8, 4) is 5.75 Å². The van der Waals surface area contributed by atoms with Crippen LogP contribution in [0.1, 0.15) is 31.9 Å². The molecular formula is C29H29IO4S. The minimum absolute atomic E-state index is 0.167. The Kier molecular flexibility index (Phi) is 7.94. The average Bonchev–Trinajstić information content (AvgIpc) is 2.84. The normalized spacial score (nSPS) is 12.3. The monoisotopic (exact) mass is 600 g/mol. The van der Waals surface area contributed by atoms with Crippen LogP contribution in [0.25, 0.3) is 0 Å². The zero-order chi connectivity index (χ0) is 24.9. The molecule has 6 heteroatoms. The van der Waals surface area contributed by atoms with Gasteiger partial charge in [-0.3, -0.25) is 0 Å². The van der Waals surface area contributed by atoms with Gasteiger partial charge in [-0.05, 0) is 0 Å². The molecule has 0 aromatic heterocycles. The molecule has 182 valence electrons. The van der Waals surface area contributed by atoms with E-state index in [4.69, 9.17) is 7.25 Å². The third kappa shape index (κ3) is 7.16. The van der Waals surface area contributed by atoms with E-state index < -0.39 is 30.4 Å². The van der Waals surface area contributed by atoms with Gasteiger partial charge in [0.2, 0.25) is 0 Å². The van der Waals surface area contributed by atoms with E-state index in [1.165, 1.54) is 5.56 Å². The summed E-state index contributed by atoms with van der Waals surface area (Å²) in [6.07, 6.45) is 0.744. The quantitative estimate of drug-likeness (QED) is 0.199. The minimum atomic E-state index is -3.95. The summed E-state index contributed by atoms with van der Waals surface area (Å²) in [5.74, 6) is 0.738. The van der Waals surface area contributed by atoms with Crippen LogP contribution >= 0.6 is 20.2 Å². The van der Waals surface area contributed by atoms with E-state index in [9.17, 15) is 8.42 Å². The van der Waals surface area contributed by atoms with E-state index in [1.54, 1.807) is 12.1 Å². The Labute approximate surface area is 216 Å². The summed E-state index contributed by atoms with van der Waals surface area (Å²) in [6, 6.07) is 34.2. The van der Waals surface area contributed by atoms with Gasteiger partial charge in [0.1, 0.15) is 0 Å². The van der Waals surface area contributed by atoms with Crippen LogP contribution in [0.5, 0.6) is 5.75 Å². The number of hydrogen-bond acceptors (Lipinski definition) is 4. The van der Waals surface area contributed by atoms with Crippen LogP contribution < -0.4 is 4.74 Å². The van der Waals surface area contributed by atoms with Crippen LogP contribution in [-0.4, -0.2) is 14.0 Å². The molecule has 0 heterocycles. The number of halogens is 1. The molecule has 0 saturated carbocycles. The van der Waals surface area contributed by atoms with Crippen molar-refractivity contribution >= 4 is 30.4 Å². The van der Waals surface area contributed by atoms with E-state index in [-0.39, 0.29) is 10.5 Å². The van der Waals surface area contributed by atoms with Crippen molar-refractivity contribution in [2.45, 2.75) is 37.7 Å². The summed E-state index contributed by atoms with van der Waals surface area (Å²) in [5.41, 5.74) is 1.91. The molecule has 0 aliphatic heterocycles. The molecule has 0 aliphatic rings. The Morgan fingerprint density at radius 3 is 1.74 bits per heavy atom. The molecule has 0 atom stereocenters. The number of ether oxygens (including phenoxy) is 1. The summed E-state index contributed by atoms with van der Waals surface area (Å²) in [4.78, 5) is 0.167. The second-order valence-corrected chi connectivity index (χ2v) is 15.5. The van der Waals surface area contributed by atoms with E-state index in [2.05, 4.69) is 12.1 Å². The Balaban J connectivity index is 1.58. The van der Waals surface area contributed by atoms with Gasteiger partial charge in [0.25, 0.3) is 0 Å². The molecular weight excluding hydrogens is 571 g/mol. The summed E-state index contributed by atoms with van der Waals surface area (Å²) < 4.78 is 40.3. The van der Waals surface area contributed by atoms with Crippen molar-refractivity contribution in [2.75, 3.05) is 0 Å². The molecule has 4 nitrogen and oxygen atoms in total. The van der Waals surface area contributed by atoms with Crippen LogP contribution in [0, 0.1) is 7.14 Å². The van der Waals surface area contributed by atoms with Gasteiger partial charge in [-0.2, -0.15) is 0 Å². The van der Waals surface area contributed by atoms with Gasteiger partial charge in [-0.25, -0.2) is 0 Å². The zero-order valence-corrected chi connectivity index (χ0v) is 23.0. The SMILES string of the molecule is CC(C)(C)Oc1ccc(I(OS(=O)(=O)c2ccc(Cc3ccccc3)cc2)c2ccccc2)cc1. The topological polar surface area (TPSA) is 52.6 Å². The first kappa shape index (κ1) is 25.4. The van der Waals surface area contributed by atoms with Crippen molar-refractivity contribution in [2.24, 2.45) is 0 Å². The maximum atomic E-state index is 13.3. The van der Waals surface area contributed by atoms with Gasteiger partial charge >= 0.3 is 217 Å². The molecule has 4 rings (SSSR count). The fourth-order valence-electron chi connectivity index (χ4n) is 3.42. The van der Waals surface area contributed by atoms with E-state index in [0.717, 1.165) is 24.9 Å². The molecule has 4 aromatic carbocycles. The molecule has 0 saturated heterocycles. The molecule has 0 amide bonds. The molecule has 0 radical (unpaired) electrons. The first-order valence-electron chi connectivity index (χ1n) is 11.3. The standard InChI is InChI=1S/C29H29IO4S/c1-29(2,3)33-27-18-16-26(17-19-27)30(25-12-8-5-9-13-25)34-35(31,32)28-20-14-24(15-21-28)22-23-10-6-4-7-11-23/h4-21H,22H2,1-3H3. The first-order valence-corrected chi connectivity index (χ1v) is 15.8. The second kappa shape index (κ2) is 10.9. The number of benzene rings is 4. The van der Waals surface area contributed by atoms with E-state index in [0.29, 0.717) is 0 Å². The average molecular weight is 601 g/mol. The van der Waals surface area contributed by atoms with Crippen LogP contribution in [0.4, 0.5) is 0 Å². The predicted molar refractivity (Wildman–Crippen MR) is 149 cm³/mol. The van der Waals surface area contributed by atoms with Gasteiger partial charge in [-0.15, -0.1) is 0 Å². The van der Waals surface area contributed by atoms with Crippen molar-refractivity contribution in [1.29, 1.82) is 0 Å². The maximum absolute atomic E-state index is 13.3. The Morgan fingerprint density at radius 1 is 0.657 bits per heavy atom. The second-order valence-electron chi connectivity index (χ2n) is 9.04. The van der Waals surface area contributed by atoms with Gasteiger partial charge in [0.15, 0.2) is 0 Å². The third-order valence-electron chi connectivity index (χ3n) is 4.98. The van der Waals surface area contributed by atoms with E-state index >= 15 is 0 Å².